The van der Waals surface area contributed by atoms with Crippen molar-refractivity contribution in [1.82, 2.24) is 24.6 Å². The van der Waals surface area contributed by atoms with Crippen LogP contribution in [0, 0.1) is 6.92 Å². The van der Waals surface area contributed by atoms with Gasteiger partial charge in [0, 0.05) is 13.5 Å². The highest BCUT2D eigenvalue weighted by molar-refractivity contribution is 7.51. The number of esters is 1. The SMILES string of the molecule is COc1nc(N)nc2c1ncn2C1(C)COC(COP(=O)(NCCOC(C)=O)OCc2oc(=O)oc2C)C1O. The fourth-order valence-corrected chi connectivity index (χ4v) is 5.19. The van der Waals surface area contributed by atoms with Crippen molar-refractivity contribution >= 4 is 30.8 Å². The Labute approximate surface area is 221 Å². The summed E-state index contributed by atoms with van der Waals surface area (Å²) < 4.78 is 51.5. The van der Waals surface area contributed by atoms with Crippen molar-refractivity contribution < 1.29 is 46.6 Å². The molecule has 214 valence electrons. The third-order valence-electron chi connectivity index (χ3n) is 6.03. The number of aromatic nitrogens is 4. The number of anilines is 1. The first kappa shape index (κ1) is 28.7. The van der Waals surface area contributed by atoms with Crippen molar-refractivity contribution in [2.24, 2.45) is 0 Å². The first-order valence-electron chi connectivity index (χ1n) is 11.7. The summed E-state index contributed by atoms with van der Waals surface area (Å²) in [5, 5.41) is 13.8. The smallest absolute Gasteiger partial charge is 0.479 e. The van der Waals surface area contributed by atoms with Gasteiger partial charge in [-0.15, -0.1) is 0 Å². The molecule has 1 aliphatic heterocycles. The van der Waals surface area contributed by atoms with Crippen molar-refractivity contribution in [2.45, 2.75) is 45.1 Å². The Balaban J connectivity index is 1.48. The van der Waals surface area contributed by atoms with E-state index in [2.05, 4.69) is 20.0 Å². The quantitative estimate of drug-likeness (QED) is 0.150. The summed E-state index contributed by atoms with van der Waals surface area (Å²) in [6, 6.07) is 0. The predicted molar refractivity (Wildman–Crippen MR) is 131 cm³/mol. The topological polar surface area (TPSA) is 226 Å². The van der Waals surface area contributed by atoms with Gasteiger partial charge in [0.25, 0.3) is 0 Å². The third kappa shape index (κ3) is 6.13. The molecule has 3 aromatic heterocycles. The molecule has 0 aromatic carbocycles. The van der Waals surface area contributed by atoms with E-state index < -0.39 is 43.9 Å². The van der Waals surface area contributed by atoms with Crippen molar-refractivity contribution in [3.8, 4) is 5.88 Å². The zero-order chi connectivity index (χ0) is 28.4. The maximum absolute atomic E-state index is 13.4. The van der Waals surface area contributed by atoms with Crippen molar-refractivity contribution in [3.05, 3.63) is 28.5 Å². The fourth-order valence-electron chi connectivity index (χ4n) is 3.94. The lowest BCUT2D eigenvalue weighted by molar-refractivity contribution is -0.140. The third-order valence-corrected chi connectivity index (χ3v) is 7.60. The van der Waals surface area contributed by atoms with Crippen LogP contribution in [0.3, 0.4) is 0 Å². The summed E-state index contributed by atoms with van der Waals surface area (Å²) >= 11 is 0. The van der Waals surface area contributed by atoms with Crippen LogP contribution in [-0.4, -0.2) is 76.3 Å². The van der Waals surface area contributed by atoms with Crippen molar-refractivity contribution in [3.63, 3.8) is 0 Å². The number of ether oxygens (including phenoxy) is 3. The summed E-state index contributed by atoms with van der Waals surface area (Å²) in [7, 11) is -2.68. The number of aliphatic hydroxyl groups excluding tert-OH is 1. The summed E-state index contributed by atoms with van der Waals surface area (Å²) in [5.74, 6) is -1.18. The number of carbonyl (C=O) groups is 1. The number of nitrogens with one attached hydrogen (secondary N) is 1. The molecule has 0 bridgehead atoms. The molecule has 39 heavy (non-hydrogen) atoms. The molecule has 0 radical (unpaired) electrons. The minimum absolute atomic E-state index is 0.0130. The van der Waals surface area contributed by atoms with Gasteiger partial charge in [-0.1, -0.05) is 0 Å². The highest BCUT2D eigenvalue weighted by atomic mass is 31.2. The van der Waals surface area contributed by atoms with Crippen LogP contribution in [0.25, 0.3) is 11.2 Å². The number of aryl methyl sites for hydroxylation is 1. The molecule has 0 amide bonds. The van der Waals surface area contributed by atoms with Crippen LogP contribution >= 0.6 is 7.75 Å². The van der Waals surface area contributed by atoms with Crippen LogP contribution < -0.4 is 21.4 Å². The Hall–Kier alpha value is -3.34. The molecular weight excluding hydrogens is 543 g/mol. The lowest BCUT2D eigenvalue weighted by atomic mass is 9.94. The number of hydrogen-bond donors (Lipinski definition) is 3. The van der Waals surface area contributed by atoms with Gasteiger partial charge in [-0.3, -0.25) is 13.8 Å². The van der Waals surface area contributed by atoms with E-state index in [0.29, 0.717) is 11.2 Å². The molecule has 3 aromatic rings. The van der Waals surface area contributed by atoms with E-state index in [4.69, 9.17) is 37.8 Å². The van der Waals surface area contributed by atoms with E-state index in [1.807, 2.05) is 0 Å². The second-order valence-electron chi connectivity index (χ2n) is 8.78. The average Bonchev–Trinajstić information content (AvgIpc) is 3.54. The van der Waals surface area contributed by atoms with Crippen LogP contribution in [0.15, 0.2) is 20.0 Å². The largest absolute Gasteiger partial charge is 0.519 e. The predicted octanol–water partition coefficient (Wildman–Crippen LogP) is 0.241. The second kappa shape index (κ2) is 11.4. The molecule has 0 spiro atoms. The summed E-state index contributed by atoms with van der Waals surface area (Å²) in [5.41, 5.74) is 5.41. The Bertz CT molecular complexity index is 1440. The standard InChI is InChI=1S/C21H29N6O11P/c1-11-13(38-20(30)37-11)7-35-39(31,24-5-6-33-12(2)28)36-8-14-16(29)21(3,9-34-14)27-10-23-15-17(27)25-19(22)26-18(15)32-4/h10,14,16,29H,5-9H2,1-4H3,(H,24,31)(H2,22,25,26). The van der Waals surface area contributed by atoms with E-state index >= 15 is 0 Å². The molecule has 1 fully saturated rings. The molecule has 4 N–H and O–H groups in total. The normalized spacial score (nSPS) is 22.7. The van der Waals surface area contributed by atoms with Gasteiger partial charge in [-0.25, -0.2) is 19.4 Å². The second-order valence-corrected chi connectivity index (χ2v) is 10.6. The monoisotopic (exact) mass is 572 g/mol. The zero-order valence-electron chi connectivity index (χ0n) is 21.6. The molecule has 4 unspecified atom stereocenters. The highest BCUT2D eigenvalue weighted by Gasteiger charge is 2.49. The number of imidazole rings is 1. The van der Waals surface area contributed by atoms with Crippen LogP contribution in [0.2, 0.25) is 0 Å². The van der Waals surface area contributed by atoms with Gasteiger partial charge in [0.2, 0.25) is 11.8 Å². The number of nitrogens with two attached hydrogens (primary N) is 1. The lowest BCUT2D eigenvalue weighted by Crippen LogP contribution is -2.44. The molecule has 17 nitrogen and oxygen atoms in total. The summed E-state index contributed by atoms with van der Waals surface area (Å²) in [6.07, 6.45) is -0.669. The number of rotatable bonds is 12. The van der Waals surface area contributed by atoms with Gasteiger partial charge >= 0.3 is 19.5 Å². The molecule has 0 aliphatic carbocycles. The van der Waals surface area contributed by atoms with E-state index in [1.165, 1.54) is 27.3 Å². The molecule has 1 aliphatic rings. The molecule has 1 saturated heterocycles. The minimum atomic E-state index is -4.10. The van der Waals surface area contributed by atoms with Crippen LogP contribution in [0.5, 0.6) is 5.88 Å². The highest BCUT2D eigenvalue weighted by Crippen LogP contribution is 2.46. The maximum Gasteiger partial charge on any atom is 0.519 e. The summed E-state index contributed by atoms with van der Waals surface area (Å²) in [6.45, 7) is 3.45. The van der Waals surface area contributed by atoms with Crippen LogP contribution in [-0.2, 0) is 40.0 Å². The number of methoxy groups -OCH3 is 1. The molecule has 4 rings (SSSR count). The van der Waals surface area contributed by atoms with E-state index in [0.717, 1.165) is 0 Å². The van der Waals surface area contributed by atoms with E-state index in [1.54, 1.807) is 11.5 Å². The fraction of sp³-hybridized carbons (Fsp3) is 0.571. The summed E-state index contributed by atoms with van der Waals surface area (Å²) in [4.78, 5) is 34.9. The number of fused-ring (bicyclic) bond motifs is 1. The van der Waals surface area contributed by atoms with Gasteiger partial charge in [-0.05, 0) is 13.8 Å². The lowest BCUT2D eigenvalue weighted by Gasteiger charge is -2.30. The number of nitrogens with zero attached hydrogens (tertiary/aromatic N) is 4. The van der Waals surface area contributed by atoms with Gasteiger partial charge in [-0.2, -0.15) is 9.97 Å². The van der Waals surface area contributed by atoms with Crippen molar-refractivity contribution in [1.29, 1.82) is 0 Å². The van der Waals surface area contributed by atoms with Crippen LogP contribution in [0.4, 0.5) is 5.95 Å². The first-order chi connectivity index (χ1) is 18.5. The molecule has 4 atom stereocenters. The van der Waals surface area contributed by atoms with Gasteiger partial charge in [0.05, 0.1) is 32.2 Å². The molecule has 18 heteroatoms. The number of hydrogen-bond acceptors (Lipinski definition) is 15. The Morgan fingerprint density at radius 1 is 1.36 bits per heavy atom. The molecule has 4 heterocycles. The van der Waals surface area contributed by atoms with Gasteiger partial charge < -0.3 is 38.5 Å². The number of carbonyl (C=O) groups excluding carboxylic acids is 1. The maximum atomic E-state index is 13.4. The average molecular weight is 572 g/mol. The Kier molecular flexibility index (Phi) is 8.39. The van der Waals surface area contributed by atoms with E-state index in [-0.39, 0.29) is 49.7 Å². The number of nitrogen functional groups attached to an aromatic ring is 1. The first-order valence-corrected chi connectivity index (χ1v) is 13.2. The van der Waals surface area contributed by atoms with E-state index in [9.17, 15) is 19.3 Å². The van der Waals surface area contributed by atoms with Gasteiger partial charge in [0.1, 0.15) is 31.2 Å². The Morgan fingerprint density at radius 2 is 2.13 bits per heavy atom. The minimum Gasteiger partial charge on any atom is -0.479 e. The zero-order valence-corrected chi connectivity index (χ0v) is 22.5. The Morgan fingerprint density at radius 3 is 2.79 bits per heavy atom. The molecular formula is C21H29N6O11P. The van der Waals surface area contributed by atoms with Crippen molar-refractivity contribution in [2.75, 3.05) is 39.2 Å². The number of aliphatic hydroxyl groups is 1. The van der Waals surface area contributed by atoms with Gasteiger partial charge in [0.15, 0.2) is 16.9 Å². The molecule has 0 saturated carbocycles. The van der Waals surface area contributed by atoms with Crippen LogP contribution in [0.1, 0.15) is 25.4 Å².